The lowest BCUT2D eigenvalue weighted by atomic mass is 10.0. The van der Waals surface area contributed by atoms with Gasteiger partial charge in [0.05, 0.1) is 22.4 Å². The third-order valence-electron chi connectivity index (χ3n) is 5.65. The van der Waals surface area contributed by atoms with E-state index >= 15 is 0 Å². The molecule has 0 saturated heterocycles. The molecule has 1 aliphatic heterocycles. The highest BCUT2D eigenvalue weighted by Gasteiger charge is 2.33. The van der Waals surface area contributed by atoms with Gasteiger partial charge in [0.15, 0.2) is 4.80 Å². The Labute approximate surface area is 200 Å². The first kappa shape index (κ1) is 23.2. The maximum Gasteiger partial charge on any atom is 0.338 e. The lowest BCUT2D eigenvalue weighted by Crippen LogP contribution is -2.39. The second-order valence-electron chi connectivity index (χ2n) is 7.58. The van der Waals surface area contributed by atoms with Crippen molar-refractivity contribution in [2.45, 2.75) is 33.7 Å². The van der Waals surface area contributed by atoms with Crippen LogP contribution in [0.15, 0.2) is 62.8 Å². The number of rotatable bonds is 7. The summed E-state index contributed by atoms with van der Waals surface area (Å²) in [5, 5.41) is 1.95. The Morgan fingerprint density at radius 3 is 2.52 bits per heavy atom. The zero-order valence-electron chi connectivity index (χ0n) is 19.2. The summed E-state index contributed by atoms with van der Waals surface area (Å²) in [6.45, 7) is 9.99. The predicted molar refractivity (Wildman–Crippen MR) is 135 cm³/mol. The SMILES string of the molecule is CCOC(=O)C1=C(C)N=c2sc(=Cc3ccc(N(CC)CC)cc3)c(=O)n2C1c1cccs1. The smallest absolute Gasteiger partial charge is 0.338 e. The van der Waals surface area contributed by atoms with Crippen LogP contribution in [0.4, 0.5) is 5.69 Å². The van der Waals surface area contributed by atoms with Gasteiger partial charge in [-0.15, -0.1) is 11.3 Å². The lowest BCUT2D eigenvalue weighted by molar-refractivity contribution is -0.139. The van der Waals surface area contributed by atoms with Crippen molar-refractivity contribution >= 4 is 40.4 Å². The molecule has 1 unspecified atom stereocenters. The molecule has 0 fully saturated rings. The van der Waals surface area contributed by atoms with E-state index in [1.807, 2.05) is 35.7 Å². The molecule has 33 heavy (non-hydrogen) atoms. The highest BCUT2D eigenvalue weighted by Crippen LogP contribution is 2.33. The number of thiophene rings is 1. The molecular weight excluding hydrogens is 454 g/mol. The van der Waals surface area contributed by atoms with Crippen LogP contribution in [-0.4, -0.2) is 30.2 Å². The zero-order chi connectivity index (χ0) is 23.5. The van der Waals surface area contributed by atoms with Gasteiger partial charge >= 0.3 is 5.97 Å². The largest absolute Gasteiger partial charge is 0.463 e. The summed E-state index contributed by atoms with van der Waals surface area (Å²) in [6.07, 6.45) is 1.89. The van der Waals surface area contributed by atoms with Crippen molar-refractivity contribution in [2.24, 2.45) is 4.99 Å². The number of hydrogen-bond donors (Lipinski definition) is 0. The van der Waals surface area contributed by atoms with Gasteiger partial charge in [-0.1, -0.05) is 29.5 Å². The average Bonchev–Trinajstić information content (AvgIpc) is 3.44. The lowest BCUT2D eigenvalue weighted by Gasteiger charge is -2.23. The van der Waals surface area contributed by atoms with E-state index in [1.54, 1.807) is 18.4 Å². The molecule has 2 aromatic heterocycles. The molecule has 1 aliphatic rings. The van der Waals surface area contributed by atoms with Crippen molar-refractivity contribution in [1.82, 2.24) is 4.57 Å². The quantitative estimate of drug-likeness (QED) is 0.483. The molecule has 1 aromatic carbocycles. The van der Waals surface area contributed by atoms with Gasteiger partial charge in [0.1, 0.15) is 6.04 Å². The topological polar surface area (TPSA) is 63.9 Å². The van der Waals surface area contributed by atoms with Crippen molar-refractivity contribution in [1.29, 1.82) is 0 Å². The van der Waals surface area contributed by atoms with Gasteiger partial charge in [0, 0.05) is 23.7 Å². The van der Waals surface area contributed by atoms with Gasteiger partial charge in [-0.3, -0.25) is 9.36 Å². The molecular formula is C25H27N3O3S2. The number of nitrogens with zero attached hydrogens (tertiary/aromatic N) is 3. The molecule has 0 amide bonds. The number of carbonyl (C=O) groups excluding carboxylic acids is 1. The summed E-state index contributed by atoms with van der Waals surface area (Å²) in [5.41, 5.74) is 2.96. The predicted octanol–water partition coefficient (Wildman–Crippen LogP) is 3.71. The fourth-order valence-electron chi connectivity index (χ4n) is 4.03. The van der Waals surface area contributed by atoms with Gasteiger partial charge in [0.25, 0.3) is 5.56 Å². The van der Waals surface area contributed by atoms with E-state index in [1.165, 1.54) is 22.7 Å². The summed E-state index contributed by atoms with van der Waals surface area (Å²) in [7, 11) is 0. The first-order valence-corrected chi connectivity index (χ1v) is 12.8. The number of aromatic nitrogens is 1. The number of thiazole rings is 1. The highest BCUT2D eigenvalue weighted by molar-refractivity contribution is 7.10. The van der Waals surface area contributed by atoms with Crippen LogP contribution in [0.2, 0.25) is 0 Å². The first-order valence-electron chi connectivity index (χ1n) is 11.1. The summed E-state index contributed by atoms with van der Waals surface area (Å²) < 4.78 is 7.53. The van der Waals surface area contributed by atoms with E-state index < -0.39 is 12.0 Å². The molecule has 1 atom stereocenters. The molecule has 6 nitrogen and oxygen atoms in total. The summed E-state index contributed by atoms with van der Waals surface area (Å²) in [4.78, 5) is 34.7. The number of ether oxygens (including phenoxy) is 1. The van der Waals surface area contributed by atoms with Crippen LogP contribution in [0.5, 0.6) is 0 Å². The minimum absolute atomic E-state index is 0.153. The Morgan fingerprint density at radius 2 is 1.91 bits per heavy atom. The van der Waals surface area contributed by atoms with E-state index in [2.05, 4.69) is 35.9 Å². The third-order valence-corrected chi connectivity index (χ3v) is 7.56. The fourth-order valence-corrected chi connectivity index (χ4v) is 5.90. The second-order valence-corrected chi connectivity index (χ2v) is 9.57. The van der Waals surface area contributed by atoms with Gasteiger partial charge in [-0.2, -0.15) is 0 Å². The van der Waals surface area contributed by atoms with Crippen molar-refractivity contribution in [3.05, 3.63) is 83.2 Å². The number of hydrogen-bond acceptors (Lipinski definition) is 7. The Morgan fingerprint density at radius 1 is 1.18 bits per heavy atom. The molecule has 4 rings (SSSR count). The molecule has 0 radical (unpaired) electrons. The van der Waals surface area contributed by atoms with Crippen LogP contribution in [0.3, 0.4) is 0 Å². The molecule has 8 heteroatoms. The minimum atomic E-state index is -0.535. The molecule has 3 aromatic rings. The average molecular weight is 482 g/mol. The van der Waals surface area contributed by atoms with Crippen LogP contribution >= 0.6 is 22.7 Å². The Bertz CT molecular complexity index is 1350. The van der Waals surface area contributed by atoms with Crippen LogP contribution in [0.25, 0.3) is 6.08 Å². The minimum Gasteiger partial charge on any atom is -0.463 e. The van der Waals surface area contributed by atoms with E-state index in [0.717, 1.165) is 29.2 Å². The van der Waals surface area contributed by atoms with Gasteiger partial charge in [-0.05, 0) is 62.9 Å². The Kier molecular flexibility index (Phi) is 6.95. The fraction of sp³-hybridized carbons (Fsp3) is 0.320. The second kappa shape index (κ2) is 9.89. The van der Waals surface area contributed by atoms with Gasteiger partial charge in [0.2, 0.25) is 0 Å². The van der Waals surface area contributed by atoms with Crippen LogP contribution < -0.4 is 19.8 Å². The summed E-state index contributed by atoms with van der Waals surface area (Å²) in [6, 6.07) is 11.5. The molecule has 172 valence electrons. The zero-order valence-corrected chi connectivity index (χ0v) is 20.8. The van der Waals surface area contributed by atoms with Crippen molar-refractivity contribution in [3.8, 4) is 0 Å². The molecule has 3 heterocycles. The number of benzene rings is 1. The monoisotopic (exact) mass is 481 g/mol. The maximum atomic E-state index is 13.5. The number of anilines is 1. The van der Waals surface area contributed by atoms with Crippen molar-refractivity contribution < 1.29 is 9.53 Å². The Balaban J connectivity index is 1.82. The van der Waals surface area contributed by atoms with E-state index in [0.29, 0.717) is 20.6 Å². The van der Waals surface area contributed by atoms with Crippen LogP contribution in [-0.2, 0) is 9.53 Å². The standard InChI is InChI=1S/C25H27N3O3S2/c1-5-27(6-2)18-12-10-17(11-13-18)15-20-23(29)28-22(19-9-8-14-32-19)21(24(30)31-7-3)16(4)26-25(28)33-20/h8-15,22H,5-7H2,1-4H3. The van der Waals surface area contributed by atoms with Gasteiger partial charge < -0.3 is 9.64 Å². The maximum absolute atomic E-state index is 13.5. The third kappa shape index (κ3) is 4.45. The number of esters is 1. The normalized spacial score (nSPS) is 15.9. The first-order chi connectivity index (χ1) is 16.0. The van der Waals surface area contributed by atoms with Crippen molar-refractivity contribution in [3.63, 3.8) is 0 Å². The molecule has 0 aliphatic carbocycles. The molecule has 0 spiro atoms. The number of allylic oxidation sites excluding steroid dienone is 1. The van der Waals surface area contributed by atoms with Crippen molar-refractivity contribution in [2.75, 3.05) is 24.6 Å². The highest BCUT2D eigenvalue weighted by atomic mass is 32.1. The van der Waals surface area contributed by atoms with E-state index in [-0.39, 0.29) is 12.2 Å². The summed E-state index contributed by atoms with van der Waals surface area (Å²) in [5.74, 6) is -0.432. The number of fused-ring (bicyclic) bond motifs is 1. The van der Waals surface area contributed by atoms with Crippen LogP contribution in [0, 0.1) is 0 Å². The van der Waals surface area contributed by atoms with Crippen LogP contribution in [0.1, 0.15) is 44.2 Å². The van der Waals surface area contributed by atoms with Gasteiger partial charge in [-0.25, -0.2) is 9.79 Å². The van der Waals surface area contributed by atoms with E-state index in [4.69, 9.17) is 4.74 Å². The Hall–Kier alpha value is -2.97. The summed E-state index contributed by atoms with van der Waals surface area (Å²) >= 11 is 2.86. The molecule has 0 N–H and O–H groups in total. The van der Waals surface area contributed by atoms with E-state index in [9.17, 15) is 9.59 Å². The number of carbonyl (C=O) groups is 1. The molecule has 0 saturated carbocycles. The molecule has 0 bridgehead atoms.